The van der Waals surface area contributed by atoms with E-state index in [2.05, 4.69) is 50.8 Å². The van der Waals surface area contributed by atoms with Gasteiger partial charge in [0.05, 0.1) is 34.2 Å². The summed E-state index contributed by atoms with van der Waals surface area (Å²) >= 11 is 11.7. The number of hydrogen-bond acceptors (Lipinski definition) is 12. The van der Waals surface area contributed by atoms with Gasteiger partial charge < -0.3 is 68.7 Å². The number of aromatic nitrogens is 6. The van der Waals surface area contributed by atoms with Gasteiger partial charge in [0, 0.05) is 33.3 Å². The predicted molar refractivity (Wildman–Crippen MR) is 212 cm³/mol. The molecule has 0 saturated heterocycles. The molecule has 0 atom stereocenters. The number of rotatable bonds is 12. The molecule has 0 spiro atoms. The van der Waals surface area contributed by atoms with Gasteiger partial charge in [-0.1, -0.05) is 77.0 Å². The molecular formula is C40H38Cl6Cu2N10O4-2. The number of halogens is 6. The molecule has 2 heterocycles. The monoisotopic (exact) mass is 1060 g/mol. The SMILES string of the molecule is CC(C)(C)C(=O)[C-](Oc1ccc(N=Nc2ccc(Cl)cc2)cc1)c1ncn[nH]1.CC(C)(C)C(=O)[C-](Oc1ccc(N=Nc2ccc(Cl)cc2)cc1)c1ncn[nH]1.[Cl-].[Cl-].[Cl-].[Cl-].[Cu+2].[Cu+2]. The summed E-state index contributed by atoms with van der Waals surface area (Å²) < 4.78 is 11.6. The number of carbonyl (C=O) groups is 2. The summed E-state index contributed by atoms with van der Waals surface area (Å²) in [5.74, 6) is 1.16. The minimum atomic E-state index is -0.630. The standard InChI is InChI=1S/2C20H19ClN5O2.4ClH.2Cu/c2*1-20(2,3)18(27)17(19-22-12-23-26-19)28-16-10-8-15(9-11-16)25-24-14-6-4-13(21)5-7-14;;;;;;/h2*4-12H,1-3H3,(H,22,23,26);4*1H;;/q2*-1;;;;;2*+2/p-4. The molecular weight excluding hydrogens is 1020 g/mol. The van der Waals surface area contributed by atoms with Crippen LogP contribution in [0.4, 0.5) is 22.7 Å². The van der Waals surface area contributed by atoms with Crippen molar-refractivity contribution in [2.24, 2.45) is 31.3 Å². The summed E-state index contributed by atoms with van der Waals surface area (Å²) in [6.45, 7) is 10.9. The van der Waals surface area contributed by atoms with Crippen molar-refractivity contribution in [3.63, 3.8) is 0 Å². The van der Waals surface area contributed by atoms with E-state index in [1.165, 1.54) is 12.7 Å². The number of hydrogen-bond donors (Lipinski definition) is 2. The number of ether oxygens (including phenoxy) is 2. The number of benzene rings is 4. The Morgan fingerprint density at radius 3 is 0.984 bits per heavy atom. The van der Waals surface area contributed by atoms with Crippen LogP contribution >= 0.6 is 23.2 Å². The Kier molecular flexibility index (Phi) is 26.9. The summed E-state index contributed by atoms with van der Waals surface area (Å²) in [5.41, 5.74) is 1.42. The van der Waals surface area contributed by atoms with Gasteiger partial charge in [-0.2, -0.15) is 30.7 Å². The van der Waals surface area contributed by atoms with E-state index in [-0.39, 0.29) is 119 Å². The smallest absolute Gasteiger partial charge is 1.00 e. The van der Waals surface area contributed by atoms with Crippen LogP contribution in [0.15, 0.2) is 130 Å². The molecule has 6 aromatic rings. The predicted octanol–water partition coefficient (Wildman–Crippen LogP) is -1.09. The van der Waals surface area contributed by atoms with Crippen LogP contribution in [-0.4, -0.2) is 41.9 Å². The Hall–Kier alpha value is -4.18. The van der Waals surface area contributed by atoms with Gasteiger partial charge >= 0.3 is 34.1 Å². The van der Waals surface area contributed by atoms with Crippen molar-refractivity contribution in [3.8, 4) is 11.5 Å². The molecule has 0 bridgehead atoms. The van der Waals surface area contributed by atoms with E-state index >= 15 is 0 Å². The largest absolute Gasteiger partial charge is 2.00 e. The first kappa shape index (κ1) is 59.9. The molecule has 6 rings (SSSR count). The van der Waals surface area contributed by atoms with Crippen molar-refractivity contribution >= 4 is 57.5 Å². The molecule has 0 aliphatic rings. The molecule has 0 amide bonds. The third-order valence-corrected chi connectivity index (χ3v) is 7.87. The second-order valence-corrected chi connectivity index (χ2v) is 14.9. The number of carbonyl (C=O) groups excluding carboxylic acids is 2. The van der Waals surface area contributed by atoms with E-state index in [0.29, 0.717) is 44.3 Å². The second-order valence-electron chi connectivity index (χ2n) is 14.0. The average molecular weight is 1060 g/mol. The van der Waals surface area contributed by atoms with Crippen LogP contribution in [0.1, 0.15) is 53.2 Å². The Balaban J connectivity index is 0. The van der Waals surface area contributed by atoms with Gasteiger partial charge in [-0.15, -0.1) is 0 Å². The first-order chi connectivity index (χ1) is 26.7. The zero-order chi connectivity index (χ0) is 40.3. The molecule has 0 fully saturated rings. The first-order valence-corrected chi connectivity index (χ1v) is 17.9. The number of Topliss-reactive ketones (excluding diaryl/α,β-unsaturated/α-hetero) is 2. The first-order valence-electron chi connectivity index (χ1n) is 17.1. The Labute approximate surface area is 415 Å². The van der Waals surface area contributed by atoms with Gasteiger partial charge in [0.1, 0.15) is 12.7 Å². The number of nitrogens with one attached hydrogen (secondary N) is 2. The zero-order valence-corrected chi connectivity index (χ0v) is 39.9. The summed E-state index contributed by atoms with van der Waals surface area (Å²) in [5, 5.41) is 30.9. The molecule has 0 aliphatic carbocycles. The number of aromatic amines is 2. The Morgan fingerprint density at radius 2 is 0.758 bits per heavy atom. The topological polar surface area (TPSA) is 185 Å². The maximum atomic E-state index is 12.7. The maximum absolute atomic E-state index is 12.7. The van der Waals surface area contributed by atoms with E-state index in [0.717, 1.165) is 0 Å². The quantitative estimate of drug-likeness (QED) is 0.0881. The molecule has 22 heteroatoms. The third kappa shape index (κ3) is 18.3. The number of ketones is 2. The summed E-state index contributed by atoms with van der Waals surface area (Å²) in [4.78, 5) is 33.5. The van der Waals surface area contributed by atoms with E-state index in [1.54, 1.807) is 97.1 Å². The third-order valence-electron chi connectivity index (χ3n) is 7.36. The molecule has 2 radical (unpaired) electrons. The van der Waals surface area contributed by atoms with E-state index in [1.807, 2.05) is 41.5 Å². The van der Waals surface area contributed by atoms with E-state index < -0.39 is 10.8 Å². The molecule has 62 heavy (non-hydrogen) atoms. The number of H-pyrrole nitrogens is 2. The maximum Gasteiger partial charge on any atom is 2.00 e. The second kappa shape index (κ2) is 27.8. The van der Waals surface area contributed by atoms with Crippen LogP contribution in [0.2, 0.25) is 10.0 Å². The Bertz CT molecular complexity index is 2080. The van der Waals surface area contributed by atoms with Crippen LogP contribution in [0.5, 0.6) is 11.5 Å². The normalized spacial score (nSPS) is 10.5. The summed E-state index contributed by atoms with van der Waals surface area (Å²) in [7, 11) is 0. The van der Waals surface area contributed by atoms with Crippen molar-refractivity contribution in [2.45, 2.75) is 41.5 Å². The fourth-order valence-corrected chi connectivity index (χ4v) is 4.61. The van der Waals surface area contributed by atoms with Crippen molar-refractivity contribution in [1.29, 1.82) is 0 Å². The number of azo groups is 2. The molecule has 2 aromatic heterocycles. The van der Waals surface area contributed by atoms with Gasteiger partial charge in [0.15, 0.2) is 0 Å². The zero-order valence-electron chi connectivity index (χ0n) is 33.5. The van der Waals surface area contributed by atoms with Crippen LogP contribution < -0.4 is 59.1 Å². The van der Waals surface area contributed by atoms with Crippen molar-refractivity contribution in [3.05, 3.63) is 144 Å². The van der Waals surface area contributed by atoms with Gasteiger partial charge in [-0.05, 0) is 108 Å². The number of nitrogens with zero attached hydrogens (tertiary/aromatic N) is 8. The molecule has 2 N–H and O–H groups in total. The van der Waals surface area contributed by atoms with Crippen LogP contribution in [0, 0.1) is 23.0 Å². The van der Waals surface area contributed by atoms with Crippen molar-refractivity contribution in [2.75, 3.05) is 0 Å². The average Bonchev–Trinajstić information content (AvgIpc) is 3.92. The molecule has 4 aromatic carbocycles. The van der Waals surface area contributed by atoms with Gasteiger partial charge in [0.2, 0.25) is 0 Å². The van der Waals surface area contributed by atoms with Gasteiger partial charge in [-0.3, -0.25) is 10.2 Å². The van der Waals surface area contributed by atoms with Gasteiger partial charge in [-0.25, -0.2) is 9.97 Å². The van der Waals surface area contributed by atoms with Crippen LogP contribution in [-0.2, 0) is 43.7 Å². The van der Waals surface area contributed by atoms with E-state index in [4.69, 9.17) is 32.7 Å². The molecule has 0 unspecified atom stereocenters. The van der Waals surface area contributed by atoms with E-state index in [9.17, 15) is 9.59 Å². The Morgan fingerprint density at radius 1 is 0.500 bits per heavy atom. The summed E-state index contributed by atoms with van der Waals surface area (Å²) in [6, 6.07) is 27.9. The van der Waals surface area contributed by atoms with Crippen LogP contribution in [0.25, 0.3) is 0 Å². The molecule has 0 saturated carbocycles. The van der Waals surface area contributed by atoms with Crippen LogP contribution in [0.3, 0.4) is 0 Å². The molecule has 338 valence electrons. The fourth-order valence-electron chi connectivity index (χ4n) is 4.36. The molecule has 14 nitrogen and oxygen atoms in total. The molecule has 0 aliphatic heterocycles. The minimum Gasteiger partial charge on any atom is -1.00 e. The van der Waals surface area contributed by atoms with Crippen molar-refractivity contribution in [1.82, 2.24) is 30.4 Å². The van der Waals surface area contributed by atoms with Gasteiger partial charge in [0.25, 0.3) is 0 Å². The fraction of sp³-hybridized carbons (Fsp3) is 0.200. The minimum absolute atomic E-state index is 0. The van der Waals surface area contributed by atoms with Crippen molar-refractivity contribution < 1.29 is 103 Å². The summed E-state index contributed by atoms with van der Waals surface area (Å²) in [6.07, 6.45) is 2.88.